The van der Waals surface area contributed by atoms with Gasteiger partial charge < -0.3 is 20.3 Å². The van der Waals surface area contributed by atoms with E-state index in [-0.39, 0.29) is 25.5 Å². The van der Waals surface area contributed by atoms with Crippen LogP contribution in [-0.4, -0.2) is 61.0 Å². The van der Waals surface area contributed by atoms with Gasteiger partial charge in [0.25, 0.3) is 0 Å². The summed E-state index contributed by atoms with van der Waals surface area (Å²) in [4.78, 5) is 12.8. The number of rotatable bonds is 6. The van der Waals surface area contributed by atoms with Crippen molar-refractivity contribution >= 4 is 5.91 Å². The van der Waals surface area contributed by atoms with Crippen molar-refractivity contribution in [2.75, 3.05) is 39.5 Å². The summed E-state index contributed by atoms with van der Waals surface area (Å²) < 4.78 is 24.0. The number of β-amino-alcohol motifs (C(OH)–C–C–N with tert-alkyl or cyclic N) is 1. The van der Waals surface area contributed by atoms with Gasteiger partial charge in [-0.1, -0.05) is 6.07 Å². The molecule has 0 bridgehead atoms. The van der Waals surface area contributed by atoms with Gasteiger partial charge in [0.2, 0.25) is 5.91 Å². The van der Waals surface area contributed by atoms with E-state index in [0.29, 0.717) is 32.0 Å². The average molecular weight is 312 g/mol. The Balaban J connectivity index is 1.92. The Morgan fingerprint density at radius 3 is 3.09 bits per heavy atom. The number of hydrogen-bond acceptors (Lipinski definition) is 5. The molecule has 1 saturated heterocycles. The van der Waals surface area contributed by atoms with Crippen LogP contribution < -0.4 is 10.5 Å². The van der Waals surface area contributed by atoms with Crippen molar-refractivity contribution in [2.45, 2.75) is 12.0 Å². The molecule has 1 aliphatic heterocycles. The smallest absolute Gasteiger partial charge is 0.218 e. The molecule has 0 aromatic heterocycles. The lowest BCUT2D eigenvalue weighted by atomic mass is 10.1. The minimum Gasteiger partial charge on any atom is -0.490 e. The molecule has 0 radical (unpaired) electrons. The van der Waals surface area contributed by atoms with Crippen LogP contribution in [0.15, 0.2) is 24.3 Å². The van der Waals surface area contributed by atoms with E-state index in [2.05, 4.69) is 0 Å². The molecular weight excluding hydrogens is 291 g/mol. The molecule has 7 heteroatoms. The number of ether oxygens (including phenoxy) is 2. The summed E-state index contributed by atoms with van der Waals surface area (Å²) in [6, 6.07) is 5.74. The first-order valence-electron chi connectivity index (χ1n) is 7.16. The first kappa shape index (κ1) is 16.7. The SMILES string of the molecule is NC(=O)CCN1CCOC[C@@](O)(COc2cccc(F)c2)C1. The Hall–Kier alpha value is -1.70. The Morgan fingerprint density at radius 2 is 2.36 bits per heavy atom. The second kappa shape index (κ2) is 7.53. The number of aliphatic hydroxyl groups is 1. The average Bonchev–Trinajstić information content (AvgIpc) is 2.65. The topological polar surface area (TPSA) is 85.0 Å². The van der Waals surface area contributed by atoms with Gasteiger partial charge in [-0.2, -0.15) is 0 Å². The van der Waals surface area contributed by atoms with Crippen LogP contribution in [-0.2, 0) is 9.53 Å². The zero-order valence-corrected chi connectivity index (χ0v) is 12.3. The standard InChI is InChI=1S/C15H21FN2O4/c16-12-2-1-3-13(8-12)22-11-15(20)9-18(5-4-14(17)19)6-7-21-10-15/h1-3,8,20H,4-7,9-11H2,(H2,17,19)/t15-/m1/s1. The van der Waals surface area contributed by atoms with E-state index in [9.17, 15) is 14.3 Å². The molecule has 1 fully saturated rings. The fraction of sp³-hybridized carbons (Fsp3) is 0.533. The number of nitrogens with two attached hydrogens (primary N) is 1. The van der Waals surface area contributed by atoms with Crippen molar-refractivity contribution in [3.05, 3.63) is 30.1 Å². The van der Waals surface area contributed by atoms with Crippen LogP contribution in [0.5, 0.6) is 5.75 Å². The van der Waals surface area contributed by atoms with Gasteiger partial charge in [0, 0.05) is 32.1 Å². The van der Waals surface area contributed by atoms with Crippen LogP contribution in [0.2, 0.25) is 0 Å². The Bertz CT molecular complexity index is 514. The maximum atomic E-state index is 13.1. The van der Waals surface area contributed by atoms with E-state index < -0.39 is 11.4 Å². The summed E-state index contributed by atoms with van der Waals surface area (Å²) in [6.45, 7) is 1.92. The molecule has 1 aromatic rings. The molecule has 0 spiro atoms. The number of amides is 1. The van der Waals surface area contributed by atoms with Crippen LogP contribution >= 0.6 is 0 Å². The fourth-order valence-electron chi connectivity index (χ4n) is 2.32. The molecule has 1 heterocycles. The first-order chi connectivity index (χ1) is 10.5. The molecule has 1 amide bonds. The second-order valence-corrected chi connectivity index (χ2v) is 5.52. The molecule has 6 nitrogen and oxygen atoms in total. The highest BCUT2D eigenvalue weighted by Gasteiger charge is 2.33. The lowest BCUT2D eigenvalue weighted by Gasteiger charge is -2.30. The zero-order chi connectivity index (χ0) is 16.0. The minimum atomic E-state index is -1.22. The molecule has 3 N–H and O–H groups in total. The quantitative estimate of drug-likeness (QED) is 0.781. The van der Waals surface area contributed by atoms with Gasteiger partial charge in [0.05, 0.1) is 13.2 Å². The summed E-state index contributed by atoms with van der Waals surface area (Å²) in [7, 11) is 0. The number of benzene rings is 1. The highest BCUT2D eigenvalue weighted by Crippen LogP contribution is 2.17. The van der Waals surface area contributed by atoms with Crippen molar-refractivity contribution in [1.82, 2.24) is 4.90 Å². The lowest BCUT2D eigenvalue weighted by Crippen LogP contribution is -2.49. The van der Waals surface area contributed by atoms with E-state index in [1.165, 1.54) is 18.2 Å². The monoisotopic (exact) mass is 312 g/mol. The maximum Gasteiger partial charge on any atom is 0.218 e. The highest BCUT2D eigenvalue weighted by molar-refractivity contribution is 5.73. The van der Waals surface area contributed by atoms with Crippen molar-refractivity contribution in [3.63, 3.8) is 0 Å². The Morgan fingerprint density at radius 1 is 1.55 bits per heavy atom. The van der Waals surface area contributed by atoms with Gasteiger partial charge in [-0.3, -0.25) is 9.69 Å². The minimum absolute atomic E-state index is 0.0243. The normalized spacial score (nSPS) is 23.0. The number of halogens is 1. The van der Waals surface area contributed by atoms with Gasteiger partial charge in [-0.15, -0.1) is 0 Å². The molecule has 1 aromatic carbocycles. The van der Waals surface area contributed by atoms with Crippen molar-refractivity contribution in [3.8, 4) is 5.75 Å². The predicted octanol–water partition coefficient (Wildman–Crippen LogP) is 0.143. The van der Waals surface area contributed by atoms with E-state index in [4.69, 9.17) is 15.2 Å². The second-order valence-electron chi connectivity index (χ2n) is 5.52. The summed E-state index contributed by atoms with van der Waals surface area (Å²) >= 11 is 0. The third kappa shape index (κ3) is 5.25. The summed E-state index contributed by atoms with van der Waals surface area (Å²) in [5.74, 6) is -0.434. The van der Waals surface area contributed by atoms with Crippen LogP contribution in [0.25, 0.3) is 0 Å². The lowest BCUT2D eigenvalue weighted by molar-refractivity contribution is -0.118. The van der Waals surface area contributed by atoms with E-state index in [1.807, 2.05) is 4.90 Å². The van der Waals surface area contributed by atoms with Crippen LogP contribution in [0.3, 0.4) is 0 Å². The van der Waals surface area contributed by atoms with Crippen LogP contribution in [0.4, 0.5) is 4.39 Å². The van der Waals surface area contributed by atoms with E-state index in [0.717, 1.165) is 0 Å². The number of nitrogens with zero attached hydrogens (tertiary/aromatic N) is 1. The molecular formula is C15H21FN2O4. The zero-order valence-electron chi connectivity index (χ0n) is 12.3. The Kier molecular flexibility index (Phi) is 5.70. The number of hydrogen-bond donors (Lipinski definition) is 2. The summed E-state index contributed by atoms with van der Waals surface area (Å²) in [5.41, 5.74) is 3.92. The van der Waals surface area contributed by atoms with Crippen LogP contribution in [0, 0.1) is 5.82 Å². The van der Waals surface area contributed by atoms with Crippen LogP contribution in [0.1, 0.15) is 6.42 Å². The van der Waals surface area contributed by atoms with Crippen molar-refractivity contribution < 1.29 is 23.8 Å². The van der Waals surface area contributed by atoms with Gasteiger partial charge in [-0.05, 0) is 12.1 Å². The van der Waals surface area contributed by atoms with E-state index in [1.54, 1.807) is 6.07 Å². The maximum absolute atomic E-state index is 13.1. The molecule has 0 aliphatic carbocycles. The fourth-order valence-corrected chi connectivity index (χ4v) is 2.32. The summed E-state index contributed by atoms with van der Waals surface area (Å²) in [5, 5.41) is 10.6. The molecule has 22 heavy (non-hydrogen) atoms. The van der Waals surface area contributed by atoms with Crippen molar-refractivity contribution in [1.29, 1.82) is 0 Å². The number of carbonyl (C=O) groups excluding carboxylic acids is 1. The Labute approximate surface area is 128 Å². The summed E-state index contributed by atoms with van der Waals surface area (Å²) in [6.07, 6.45) is 0.223. The third-order valence-electron chi connectivity index (χ3n) is 3.42. The number of carbonyl (C=O) groups is 1. The number of primary amides is 1. The third-order valence-corrected chi connectivity index (χ3v) is 3.42. The largest absolute Gasteiger partial charge is 0.490 e. The molecule has 0 saturated carbocycles. The first-order valence-corrected chi connectivity index (χ1v) is 7.16. The molecule has 1 atom stereocenters. The van der Waals surface area contributed by atoms with Crippen molar-refractivity contribution in [2.24, 2.45) is 5.73 Å². The molecule has 2 rings (SSSR count). The molecule has 122 valence electrons. The molecule has 1 aliphatic rings. The van der Waals surface area contributed by atoms with Gasteiger partial charge in [0.1, 0.15) is 23.8 Å². The molecule has 0 unspecified atom stereocenters. The highest BCUT2D eigenvalue weighted by atomic mass is 19.1. The van der Waals surface area contributed by atoms with Gasteiger partial charge in [-0.25, -0.2) is 4.39 Å². The van der Waals surface area contributed by atoms with E-state index >= 15 is 0 Å². The van der Waals surface area contributed by atoms with Gasteiger partial charge in [0.15, 0.2) is 0 Å². The predicted molar refractivity (Wildman–Crippen MR) is 77.9 cm³/mol. The van der Waals surface area contributed by atoms with Gasteiger partial charge >= 0.3 is 0 Å².